The molecule has 1 aliphatic heterocycles. The molecule has 3 nitrogen and oxygen atoms in total. The van der Waals surface area contributed by atoms with Gasteiger partial charge in [-0.1, -0.05) is 30.4 Å². The minimum Gasteiger partial charge on any atom is -0.369 e. The molecule has 0 aliphatic carbocycles. The lowest BCUT2D eigenvalue weighted by Gasteiger charge is -2.40. The molecule has 0 radical (unpaired) electrons. The van der Waals surface area contributed by atoms with Crippen LogP contribution >= 0.6 is 0 Å². The Morgan fingerprint density at radius 3 is 2.78 bits per heavy atom. The van der Waals surface area contributed by atoms with Crippen LogP contribution in [0.25, 0.3) is 0 Å². The van der Waals surface area contributed by atoms with Gasteiger partial charge in [0.05, 0.1) is 5.92 Å². The van der Waals surface area contributed by atoms with E-state index in [1.165, 1.54) is 0 Å². The normalized spacial score (nSPS) is 22.4. The lowest BCUT2D eigenvalue weighted by molar-refractivity contribution is -0.119. The molecular formula is C15H20N2O. The molecule has 2 rings (SSSR count). The number of primary amides is 1. The number of rotatable bonds is 3. The third-order valence-corrected chi connectivity index (χ3v) is 3.51. The lowest BCUT2D eigenvalue weighted by atomic mass is 9.85. The first-order chi connectivity index (χ1) is 8.50. The second-order valence-corrected chi connectivity index (χ2v) is 5.18. The molecule has 2 atom stereocenters. The number of anilines is 1. The Bertz CT molecular complexity index is 481. The van der Waals surface area contributed by atoms with Crippen LogP contribution in [0, 0.1) is 0 Å². The number of hydrogen-bond acceptors (Lipinski definition) is 2. The fraction of sp³-hybridized carbons (Fsp3) is 0.400. The van der Waals surface area contributed by atoms with Gasteiger partial charge in [0.25, 0.3) is 0 Å². The van der Waals surface area contributed by atoms with Gasteiger partial charge in [-0.05, 0) is 31.9 Å². The molecule has 18 heavy (non-hydrogen) atoms. The summed E-state index contributed by atoms with van der Waals surface area (Å²) >= 11 is 0. The number of amides is 1. The second-order valence-electron chi connectivity index (χ2n) is 5.18. The zero-order chi connectivity index (χ0) is 13.3. The first-order valence-electron chi connectivity index (χ1n) is 6.30. The molecule has 3 heteroatoms. The SMILES string of the molecule is C=C(C)CN1c2ccccc2[C@@H](C(N)=O)C[C@H]1C. The number of hydrogen-bond donors (Lipinski definition) is 1. The van der Waals surface area contributed by atoms with Crippen LogP contribution in [0.5, 0.6) is 0 Å². The largest absolute Gasteiger partial charge is 0.369 e. The highest BCUT2D eigenvalue weighted by atomic mass is 16.1. The number of nitrogens with zero attached hydrogens (tertiary/aromatic N) is 1. The van der Waals surface area contributed by atoms with E-state index in [-0.39, 0.29) is 11.8 Å². The van der Waals surface area contributed by atoms with Gasteiger partial charge in [0.1, 0.15) is 0 Å². The summed E-state index contributed by atoms with van der Waals surface area (Å²) in [6.07, 6.45) is 0.777. The van der Waals surface area contributed by atoms with Gasteiger partial charge in [0, 0.05) is 18.3 Å². The van der Waals surface area contributed by atoms with Crippen molar-refractivity contribution in [2.45, 2.75) is 32.2 Å². The molecule has 1 heterocycles. The molecule has 0 fully saturated rings. The molecule has 1 amide bonds. The fourth-order valence-electron chi connectivity index (χ4n) is 2.68. The summed E-state index contributed by atoms with van der Waals surface area (Å²) < 4.78 is 0. The van der Waals surface area contributed by atoms with Crippen molar-refractivity contribution in [2.24, 2.45) is 5.73 Å². The van der Waals surface area contributed by atoms with Crippen LogP contribution in [0.4, 0.5) is 5.69 Å². The standard InChI is InChI=1S/C15H20N2O/c1-10(2)9-17-11(3)8-13(15(16)18)12-6-4-5-7-14(12)17/h4-7,11,13H,1,8-9H2,2-3H3,(H2,16,18)/t11-,13+/m1/s1. The van der Waals surface area contributed by atoms with Crippen LogP contribution in [0.2, 0.25) is 0 Å². The highest BCUT2D eigenvalue weighted by Gasteiger charge is 2.32. The molecule has 2 N–H and O–H groups in total. The van der Waals surface area contributed by atoms with Crippen LogP contribution in [-0.2, 0) is 4.79 Å². The first kappa shape index (κ1) is 12.7. The summed E-state index contributed by atoms with van der Waals surface area (Å²) in [6, 6.07) is 8.32. The van der Waals surface area contributed by atoms with Crippen LogP contribution in [0.1, 0.15) is 31.7 Å². The highest BCUT2D eigenvalue weighted by Crippen LogP contribution is 2.38. The second kappa shape index (κ2) is 4.84. The van der Waals surface area contributed by atoms with Crippen LogP contribution in [0.3, 0.4) is 0 Å². The Labute approximate surface area is 108 Å². The number of benzene rings is 1. The van der Waals surface area contributed by atoms with Gasteiger partial charge in [-0.25, -0.2) is 0 Å². The number of carbonyl (C=O) groups excluding carboxylic acids is 1. The number of fused-ring (bicyclic) bond motifs is 1. The van der Waals surface area contributed by atoms with Crippen molar-refractivity contribution >= 4 is 11.6 Å². The van der Waals surface area contributed by atoms with Crippen molar-refractivity contribution in [1.29, 1.82) is 0 Å². The number of para-hydroxylation sites is 1. The van der Waals surface area contributed by atoms with Crippen LogP contribution < -0.4 is 10.6 Å². The lowest BCUT2D eigenvalue weighted by Crippen LogP contribution is -2.42. The molecule has 1 aromatic rings. The fourth-order valence-corrected chi connectivity index (χ4v) is 2.68. The maximum absolute atomic E-state index is 11.6. The van der Waals surface area contributed by atoms with Crippen molar-refractivity contribution in [1.82, 2.24) is 0 Å². The van der Waals surface area contributed by atoms with Gasteiger partial charge in [-0.2, -0.15) is 0 Å². The van der Waals surface area contributed by atoms with Gasteiger partial charge in [0.2, 0.25) is 5.91 Å². The smallest absolute Gasteiger partial charge is 0.225 e. The molecule has 0 bridgehead atoms. The quantitative estimate of drug-likeness (QED) is 0.830. The first-order valence-corrected chi connectivity index (χ1v) is 6.30. The molecule has 0 saturated carbocycles. The van der Waals surface area contributed by atoms with E-state index >= 15 is 0 Å². The predicted octanol–water partition coefficient (Wildman–Crippen LogP) is 2.43. The molecule has 1 aliphatic rings. The van der Waals surface area contributed by atoms with Crippen molar-refractivity contribution in [3.05, 3.63) is 42.0 Å². The summed E-state index contributed by atoms with van der Waals surface area (Å²) in [7, 11) is 0. The topological polar surface area (TPSA) is 46.3 Å². The van der Waals surface area contributed by atoms with Crippen molar-refractivity contribution in [3.8, 4) is 0 Å². The summed E-state index contributed by atoms with van der Waals surface area (Å²) in [6.45, 7) is 8.96. The van der Waals surface area contributed by atoms with Crippen molar-refractivity contribution in [3.63, 3.8) is 0 Å². The molecule has 0 saturated heterocycles. The Morgan fingerprint density at radius 1 is 1.50 bits per heavy atom. The van der Waals surface area contributed by atoms with Gasteiger partial charge >= 0.3 is 0 Å². The van der Waals surface area contributed by atoms with Gasteiger partial charge < -0.3 is 10.6 Å². The third-order valence-electron chi connectivity index (χ3n) is 3.51. The monoisotopic (exact) mass is 244 g/mol. The molecule has 0 spiro atoms. The molecule has 96 valence electrons. The molecule has 1 aromatic carbocycles. The Balaban J connectivity index is 2.44. The Morgan fingerprint density at radius 2 is 2.17 bits per heavy atom. The summed E-state index contributed by atoms with van der Waals surface area (Å²) in [5, 5.41) is 0. The average Bonchev–Trinajstić information content (AvgIpc) is 2.31. The zero-order valence-electron chi connectivity index (χ0n) is 11.0. The van der Waals surface area contributed by atoms with E-state index in [2.05, 4.69) is 24.5 Å². The summed E-state index contributed by atoms with van der Waals surface area (Å²) in [4.78, 5) is 13.9. The maximum atomic E-state index is 11.6. The van der Waals surface area contributed by atoms with E-state index in [4.69, 9.17) is 5.73 Å². The van der Waals surface area contributed by atoms with Crippen molar-refractivity contribution in [2.75, 3.05) is 11.4 Å². The maximum Gasteiger partial charge on any atom is 0.225 e. The van der Waals surface area contributed by atoms with E-state index in [1.54, 1.807) is 0 Å². The van der Waals surface area contributed by atoms with E-state index in [9.17, 15) is 4.79 Å². The van der Waals surface area contributed by atoms with E-state index in [1.807, 2.05) is 25.1 Å². The third kappa shape index (κ3) is 2.26. The van der Waals surface area contributed by atoms with Crippen LogP contribution in [-0.4, -0.2) is 18.5 Å². The Hall–Kier alpha value is -1.77. The highest BCUT2D eigenvalue weighted by molar-refractivity contribution is 5.85. The number of carbonyl (C=O) groups is 1. The van der Waals surface area contributed by atoms with Gasteiger partial charge in [-0.3, -0.25) is 4.79 Å². The minimum absolute atomic E-state index is 0.169. The Kier molecular flexibility index (Phi) is 3.41. The molecule has 0 aromatic heterocycles. The zero-order valence-corrected chi connectivity index (χ0v) is 11.0. The van der Waals surface area contributed by atoms with E-state index in [0.29, 0.717) is 6.04 Å². The van der Waals surface area contributed by atoms with Crippen molar-refractivity contribution < 1.29 is 4.79 Å². The minimum atomic E-state index is -0.232. The predicted molar refractivity (Wildman–Crippen MR) is 74.6 cm³/mol. The van der Waals surface area contributed by atoms with E-state index < -0.39 is 0 Å². The number of nitrogens with two attached hydrogens (primary N) is 1. The summed E-state index contributed by atoms with van der Waals surface area (Å²) in [5.41, 5.74) is 8.80. The summed E-state index contributed by atoms with van der Waals surface area (Å²) in [5.74, 6) is -0.401. The average molecular weight is 244 g/mol. The van der Waals surface area contributed by atoms with Crippen LogP contribution in [0.15, 0.2) is 36.4 Å². The molecular weight excluding hydrogens is 224 g/mol. The van der Waals surface area contributed by atoms with Gasteiger partial charge in [0.15, 0.2) is 0 Å². The van der Waals surface area contributed by atoms with E-state index in [0.717, 1.165) is 29.8 Å². The van der Waals surface area contributed by atoms with Gasteiger partial charge in [-0.15, -0.1) is 0 Å². The molecule has 0 unspecified atom stereocenters.